The van der Waals surface area contributed by atoms with Gasteiger partial charge < -0.3 is 16.0 Å². The predicted octanol–water partition coefficient (Wildman–Crippen LogP) is 3.18. The van der Waals surface area contributed by atoms with Crippen LogP contribution in [0.2, 0.25) is 0 Å². The fourth-order valence-electron chi connectivity index (χ4n) is 3.79. The van der Waals surface area contributed by atoms with E-state index in [1.807, 2.05) is 4.90 Å². The Kier molecular flexibility index (Phi) is 5.58. The number of nitro groups is 1. The summed E-state index contributed by atoms with van der Waals surface area (Å²) < 4.78 is 13.5. The van der Waals surface area contributed by atoms with E-state index in [-0.39, 0.29) is 28.9 Å². The molecule has 0 spiro atoms. The van der Waals surface area contributed by atoms with E-state index in [0.717, 1.165) is 25.7 Å². The number of hydrogen-bond acceptors (Lipinski definition) is 5. The third kappa shape index (κ3) is 4.05. The first-order valence-corrected chi connectivity index (χ1v) is 9.23. The van der Waals surface area contributed by atoms with E-state index < -0.39 is 11.1 Å². The Bertz CT molecular complexity index is 683. The van der Waals surface area contributed by atoms with Crippen LogP contribution >= 0.6 is 0 Å². The summed E-state index contributed by atoms with van der Waals surface area (Å²) in [7, 11) is 0. The molecule has 0 bridgehead atoms. The number of alkyl halides is 1. The van der Waals surface area contributed by atoms with Gasteiger partial charge in [-0.2, -0.15) is 0 Å². The molecule has 1 heterocycles. The van der Waals surface area contributed by atoms with Gasteiger partial charge in [-0.25, -0.2) is 4.39 Å². The Morgan fingerprint density at radius 2 is 1.85 bits per heavy atom. The van der Waals surface area contributed by atoms with E-state index >= 15 is 0 Å². The average Bonchev–Trinajstić information content (AvgIpc) is 2.62. The monoisotopic (exact) mass is 364 g/mol. The van der Waals surface area contributed by atoms with Gasteiger partial charge in [-0.05, 0) is 31.7 Å². The molecule has 2 aliphatic rings. The fourth-order valence-corrected chi connectivity index (χ4v) is 3.79. The normalized spacial score (nSPS) is 19.3. The van der Waals surface area contributed by atoms with Crippen LogP contribution in [0.4, 0.5) is 21.5 Å². The minimum absolute atomic E-state index is 0.0154. The van der Waals surface area contributed by atoms with Gasteiger partial charge in [-0.1, -0.05) is 19.3 Å². The topological polar surface area (TPSA) is 102 Å². The molecule has 1 aromatic carbocycles. The van der Waals surface area contributed by atoms with E-state index in [4.69, 9.17) is 5.73 Å². The van der Waals surface area contributed by atoms with Crippen LogP contribution < -0.4 is 16.0 Å². The number of rotatable bonds is 4. The third-order valence-electron chi connectivity index (χ3n) is 5.29. The lowest BCUT2D eigenvalue weighted by Gasteiger charge is -2.32. The number of anilines is 2. The lowest BCUT2D eigenvalue weighted by atomic mass is 9.95. The summed E-state index contributed by atoms with van der Waals surface area (Å²) >= 11 is 0. The maximum absolute atomic E-state index is 13.5. The number of piperidine rings is 1. The number of halogens is 1. The molecule has 1 aromatic rings. The molecule has 0 unspecified atom stereocenters. The third-order valence-corrected chi connectivity index (χ3v) is 5.29. The first-order valence-electron chi connectivity index (χ1n) is 9.23. The molecule has 7 nitrogen and oxygen atoms in total. The molecule has 1 saturated heterocycles. The van der Waals surface area contributed by atoms with Crippen molar-refractivity contribution in [2.45, 2.75) is 57.2 Å². The maximum Gasteiger partial charge on any atom is 0.293 e. The molecule has 142 valence electrons. The van der Waals surface area contributed by atoms with Crippen LogP contribution in [0.5, 0.6) is 0 Å². The number of carbonyl (C=O) groups excluding carboxylic acids is 1. The number of nitrogens with zero attached hydrogens (tertiary/aromatic N) is 2. The van der Waals surface area contributed by atoms with E-state index in [1.54, 1.807) is 0 Å². The zero-order valence-electron chi connectivity index (χ0n) is 14.7. The second-order valence-electron chi connectivity index (χ2n) is 7.16. The van der Waals surface area contributed by atoms with Crippen LogP contribution in [-0.4, -0.2) is 36.1 Å². The van der Waals surface area contributed by atoms with Crippen molar-refractivity contribution in [2.24, 2.45) is 0 Å². The molecule has 8 heteroatoms. The van der Waals surface area contributed by atoms with Crippen molar-refractivity contribution in [2.75, 3.05) is 23.7 Å². The summed E-state index contributed by atoms with van der Waals surface area (Å²) in [6.45, 7) is 0.921. The molecular formula is C18H25FN4O3. The highest BCUT2D eigenvalue weighted by Crippen LogP contribution is 2.33. The van der Waals surface area contributed by atoms with Crippen molar-refractivity contribution < 1.29 is 14.1 Å². The average molecular weight is 364 g/mol. The number of nitrogens with two attached hydrogens (primary N) is 1. The molecule has 3 N–H and O–H groups in total. The molecule has 1 aliphatic carbocycles. The summed E-state index contributed by atoms with van der Waals surface area (Å²) in [4.78, 5) is 25.4. The molecular weight excluding hydrogens is 339 g/mol. The summed E-state index contributed by atoms with van der Waals surface area (Å²) in [5.74, 6) is -0.322. The van der Waals surface area contributed by atoms with Gasteiger partial charge in [0.15, 0.2) is 0 Å². The number of nitrogens with one attached hydrogen (secondary N) is 1. The highest BCUT2D eigenvalue weighted by atomic mass is 19.1. The van der Waals surface area contributed by atoms with Crippen LogP contribution in [0, 0.1) is 10.1 Å². The molecule has 1 amide bonds. The van der Waals surface area contributed by atoms with E-state index in [2.05, 4.69) is 5.32 Å². The molecule has 1 aliphatic heterocycles. The van der Waals surface area contributed by atoms with Crippen molar-refractivity contribution in [3.8, 4) is 0 Å². The summed E-state index contributed by atoms with van der Waals surface area (Å²) in [6.07, 6.45) is 5.07. The number of nitro benzene ring substituents is 1. The minimum atomic E-state index is -0.846. The molecule has 0 atom stereocenters. The SMILES string of the molecule is Nc1cc(N2CCC(F)CC2)c(C(=O)NC2CCCCC2)cc1[N+](=O)[O-]. The highest BCUT2D eigenvalue weighted by Gasteiger charge is 2.27. The second kappa shape index (κ2) is 7.88. The fraction of sp³-hybridized carbons (Fsp3) is 0.611. The second-order valence-corrected chi connectivity index (χ2v) is 7.16. The Labute approximate surface area is 151 Å². The maximum atomic E-state index is 13.5. The molecule has 0 aromatic heterocycles. The zero-order chi connectivity index (χ0) is 18.7. The predicted molar refractivity (Wildman–Crippen MR) is 98.2 cm³/mol. The number of carbonyl (C=O) groups is 1. The van der Waals surface area contributed by atoms with Crippen molar-refractivity contribution in [1.29, 1.82) is 0 Å². The first-order chi connectivity index (χ1) is 12.5. The van der Waals surface area contributed by atoms with Gasteiger partial charge in [-0.15, -0.1) is 0 Å². The molecule has 0 radical (unpaired) electrons. The van der Waals surface area contributed by atoms with Crippen LogP contribution in [0.25, 0.3) is 0 Å². The minimum Gasteiger partial charge on any atom is -0.393 e. The van der Waals surface area contributed by atoms with Gasteiger partial charge in [-0.3, -0.25) is 14.9 Å². The molecule has 26 heavy (non-hydrogen) atoms. The van der Waals surface area contributed by atoms with Gasteiger partial charge in [0.05, 0.1) is 16.2 Å². The van der Waals surface area contributed by atoms with Crippen LogP contribution in [-0.2, 0) is 0 Å². The van der Waals surface area contributed by atoms with E-state index in [9.17, 15) is 19.3 Å². The number of benzene rings is 1. The Morgan fingerprint density at radius 1 is 1.19 bits per heavy atom. The number of hydrogen-bond donors (Lipinski definition) is 2. The molecule has 1 saturated carbocycles. The van der Waals surface area contributed by atoms with Gasteiger partial charge in [0.1, 0.15) is 11.9 Å². The lowest BCUT2D eigenvalue weighted by Crippen LogP contribution is -2.39. The summed E-state index contributed by atoms with van der Waals surface area (Å²) in [5.41, 5.74) is 6.37. The first kappa shape index (κ1) is 18.4. The summed E-state index contributed by atoms with van der Waals surface area (Å²) in [6, 6.07) is 2.83. The van der Waals surface area contributed by atoms with Crippen molar-refractivity contribution in [3.05, 3.63) is 27.8 Å². The molecule has 3 rings (SSSR count). The summed E-state index contributed by atoms with van der Waals surface area (Å²) in [5, 5.41) is 14.3. The van der Waals surface area contributed by atoms with E-state index in [1.165, 1.54) is 18.6 Å². The quantitative estimate of drug-likeness (QED) is 0.485. The smallest absolute Gasteiger partial charge is 0.293 e. The lowest BCUT2D eigenvalue weighted by molar-refractivity contribution is -0.383. The Balaban J connectivity index is 1.90. The van der Waals surface area contributed by atoms with Crippen LogP contribution in [0.3, 0.4) is 0 Å². The largest absolute Gasteiger partial charge is 0.393 e. The van der Waals surface area contributed by atoms with Crippen LogP contribution in [0.15, 0.2) is 12.1 Å². The van der Waals surface area contributed by atoms with Gasteiger partial charge in [0.2, 0.25) is 0 Å². The van der Waals surface area contributed by atoms with E-state index in [0.29, 0.717) is 31.6 Å². The number of nitrogen functional groups attached to an aromatic ring is 1. The Morgan fingerprint density at radius 3 is 2.46 bits per heavy atom. The van der Waals surface area contributed by atoms with Gasteiger partial charge in [0.25, 0.3) is 11.6 Å². The van der Waals surface area contributed by atoms with Crippen LogP contribution in [0.1, 0.15) is 55.3 Å². The molecule has 2 fully saturated rings. The van der Waals surface area contributed by atoms with Crippen molar-refractivity contribution >= 4 is 23.0 Å². The van der Waals surface area contributed by atoms with Gasteiger partial charge >= 0.3 is 0 Å². The standard InChI is InChI=1S/C18H25FN4O3/c19-12-6-8-22(9-7-12)16-11-15(20)17(23(25)26)10-14(16)18(24)21-13-4-2-1-3-5-13/h10-13H,1-9,20H2,(H,21,24). The van der Waals surface area contributed by atoms with Crippen molar-refractivity contribution in [3.63, 3.8) is 0 Å². The van der Waals surface area contributed by atoms with Gasteiger partial charge in [0, 0.05) is 25.2 Å². The highest BCUT2D eigenvalue weighted by molar-refractivity contribution is 6.02. The Hall–Kier alpha value is -2.38. The zero-order valence-corrected chi connectivity index (χ0v) is 14.7. The number of amides is 1. The van der Waals surface area contributed by atoms with Crippen molar-refractivity contribution in [1.82, 2.24) is 5.32 Å².